The zero-order valence-electron chi connectivity index (χ0n) is 21.0. The van der Waals surface area contributed by atoms with Crippen LogP contribution in [0.1, 0.15) is 74.5 Å². The van der Waals surface area contributed by atoms with Gasteiger partial charge in [0.1, 0.15) is 23.3 Å². The molecule has 2 aromatic rings. The smallest absolute Gasteiger partial charge is 0.251 e. The highest BCUT2D eigenvalue weighted by Crippen LogP contribution is 2.40. The summed E-state index contributed by atoms with van der Waals surface area (Å²) in [6.45, 7) is 7.55. The summed E-state index contributed by atoms with van der Waals surface area (Å²) >= 11 is 0. The van der Waals surface area contributed by atoms with Crippen LogP contribution in [-0.4, -0.2) is 45.0 Å². The number of carbonyl (C=O) groups excluding carboxylic acids is 2. The largest absolute Gasteiger partial charge is 0.485 e. The standard InChI is InChI=1S/C27H33FN4O4/c1-5-27(6-2)14-21(33)32(25(29)31-27)15-16-8-7-9-17(12-16)24(35)30-22-19-13-18(28)10-11-20(19)36-26(3,4)23(22)34/h7-13,22-23,34H,5-6,14-15H2,1-4H3,(H2,29,31)(H,30,35). The summed E-state index contributed by atoms with van der Waals surface area (Å²) in [5, 5.41) is 25.3. The number of rotatable bonds is 6. The first-order valence-corrected chi connectivity index (χ1v) is 12.2. The van der Waals surface area contributed by atoms with Crippen molar-refractivity contribution < 1.29 is 23.8 Å². The molecule has 8 nitrogen and oxygen atoms in total. The molecular formula is C27H33FN4O4. The Bertz CT molecular complexity index is 1170. The van der Waals surface area contributed by atoms with E-state index >= 15 is 0 Å². The van der Waals surface area contributed by atoms with E-state index in [1.807, 2.05) is 13.8 Å². The lowest BCUT2D eigenvalue weighted by molar-refractivity contribution is -0.131. The van der Waals surface area contributed by atoms with Gasteiger partial charge in [-0.2, -0.15) is 0 Å². The van der Waals surface area contributed by atoms with Crippen LogP contribution in [-0.2, 0) is 11.3 Å². The lowest BCUT2D eigenvalue weighted by Gasteiger charge is -2.42. The van der Waals surface area contributed by atoms with Gasteiger partial charge in [0.25, 0.3) is 5.91 Å². The lowest BCUT2D eigenvalue weighted by atomic mass is 9.86. The Morgan fingerprint density at radius 3 is 2.64 bits per heavy atom. The first-order valence-electron chi connectivity index (χ1n) is 12.2. The number of aliphatic hydroxyl groups excluding tert-OH is 1. The molecule has 2 aliphatic rings. The zero-order chi connectivity index (χ0) is 26.3. The number of fused-ring (bicyclic) bond motifs is 1. The van der Waals surface area contributed by atoms with Gasteiger partial charge in [0.05, 0.1) is 19.0 Å². The minimum absolute atomic E-state index is 0.0518. The van der Waals surface area contributed by atoms with Crippen LogP contribution in [0, 0.1) is 11.2 Å². The second-order valence-corrected chi connectivity index (χ2v) is 10.1. The molecule has 2 unspecified atom stereocenters. The van der Waals surface area contributed by atoms with Crippen LogP contribution < -0.4 is 15.4 Å². The van der Waals surface area contributed by atoms with Crippen molar-refractivity contribution in [3.8, 4) is 5.75 Å². The predicted molar refractivity (Wildman–Crippen MR) is 133 cm³/mol. The lowest BCUT2D eigenvalue weighted by Crippen LogP contribution is -2.61. The van der Waals surface area contributed by atoms with E-state index in [-0.39, 0.29) is 18.4 Å². The van der Waals surface area contributed by atoms with Crippen LogP contribution in [0.15, 0.2) is 42.5 Å². The maximum absolute atomic E-state index is 14.0. The van der Waals surface area contributed by atoms with Crippen molar-refractivity contribution in [1.29, 1.82) is 5.41 Å². The first-order chi connectivity index (χ1) is 17.0. The minimum atomic E-state index is -1.12. The van der Waals surface area contributed by atoms with Gasteiger partial charge in [0, 0.05) is 16.7 Å². The molecule has 0 aliphatic carbocycles. The fourth-order valence-corrected chi connectivity index (χ4v) is 4.86. The number of carbonyl (C=O) groups is 2. The van der Waals surface area contributed by atoms with Gasteiger partial charge in [-0.15, -0.1) is 0 Å². The van der Waals surface area contributed by atoms with Crippen LogP contribution in [0.2, 0.25) is 0 Å². The second-order valence-electron chi connectivity index (χ2n) is 10.1. The molecule has 0 saturated carbocycles. The summed E-state index contributed by atoms with van der Waals surface area (Å²) in [7, 11) is 0. The van der Waals surface area contributed by atoms with Gasteiger partial charge >= 0.3 is 0 Å². The maximum Gasteiger partial charge on any atom is 0.251 e. The van der Waals surface area contributed by atoms with E-state index in [0.29, 0.717) is 28.9 Å². The van der Waals surface area contributed by atoms with E-state index in [2.05, 4.69) is 10.6 Å². The third-order valence-electron chi connectivity index (χ3n) is 7.32. The number of guanidine groups is 1. The Hall–Kier alpha value is -3.46. The molecule has 4 N–H and O–H groups in total. The van der Waals surface area contributed by atoms with Crippen molar-refractivity contribution in [3.05, 3.63) is 65.0 Å². The third-order valence-corrected chi connectivity index (χ3v) is 7.32. The Morgan fingerprint density at radius 2 is 1.97 bits per heavy atom. The maximum atomic E-state index is 14.0. The number of hydrogen-bond acceptors (Lipinski definition) is 5. The predicted octanol–water partition coefficient (Wildman–Crippen LogP) is 3.64. The number of nitrogens with one attached hydrogen (secondary N) is 3. The Kier molecular flexibility index (Phi) is 6.79. The molecule has 2 aliphatic heterocycles. The van der Waals surface area contributed by atoms with Crippen molar-refractivity contribution in [2.45, 2.75) is 76.8 Å². The highest BCUT2D eigenvalue weighted by molar-refractivity contribution is 5.99. The highest BCUT2D eigenvalue weighted by Gasteiger charge is 2.44. The summed E-state index contributed by atoms with van der Waals surface area (Å²) in [4.78, 5) is 27.4. The summed E-state index contributed by atoms with van der Waals surface area (Å²) in [5.41, 5.74) is -0.0379. The van der Waals surface area contributed by atoms with Gasteiger partial charge in [0.15, 0.2) is 5.96 Å². The molecule has 2 amide bonds. The minimum Gasteiger partial charge on any atom is -0.485 e. The quantitative estimate of drug-likeness (QED) is 0.488. The van der Waals surface area contributed by atoms with E-state index in [0.717, 1.165) is 12.8 Å². The Morgan fingerprint density at radius 1 is 1.25 bits per heavy atom. The van der Waals surface area contributed by atoms with Crippen LogP contribution in [0.4, 0.5) is 4.39 Å². The van der Waals surface area contributed by atoms with Gasteiger partial charge in [-0.3, -0.25) is 19.9 Å². The topological polar surface area (TPSA) is 115 Å². The van der Waals surface area contributed by atoms with E-state index in [1.54, 1.807) is 38.1 Å². The SMILES string of the molecule is CCC1(CC)CC(=O)N(Cc2cccc(C(=O)NC3c4cc(F)ccc4OC(C)(C)C3O)c2)C(=N)N1. The normalized spacial score (nSPS) is 22.3. The van der Waals surface area contributed by atoms with Crippen molar-refractivity contribution in [3.63, 3.8) is 0 Å². The number of hydrogen-bond donors (Lipinski definition) is 4. The fourth-order valence-electron chi connectivity index (χ4n) is 4.86. The van der Waals surface area contributed by atoms with E-state index in [9.17, 15) is 19.1 Å². The average molecular weight is 497 g/mol. The molecule has 36 heavy (non-hydrogen) atoms. The van der Waals surface area contributed by atoms with Crippen LogP contribution in [0.5, 0.6) is 5.75 Å². The molecule has 1 saturated heterocycles. The highest BCUT2D eigenvalue weighted by atomic mass is 19.1. The average Bonchev–Trinajstić information content (AvgIpc) is 2.84. The summed E-state index contributed by atoms with van der Waals surface area (Å²) in [6, 6.07) is 9.90. The van der Waals surface area contributed by atoms with Crippen molar-refractivity contribution in [2.75, 3.05) is 0 Å². The molecule has 4 rings (SSSR count). The number of ether oxygens (including phenoxy) is 1. The molecule has 2 heterocycles. The Labute approximate surface area is 210 Å². The number of amides is 2. The van der Waals surface area contributed by atoms with Gasteiger partial charge in [-0.1, -0.05) is 26.0 Å². The molecule has 2 atom stereocenters. The van der Waals surface area contributed by atoms with Gasteiger partial charge < -0.3 is 20.5 Å². The summed E-state index contributed by atoms with van der Waals surface area (Å²) in [6.07, 6.45) is 0.663. The molecule has 1 fully saturated rings. The number of aliphatic hydroxyl groups is 1. The number of halogens is 1. The van der Waals surface area contributed by atoms with Gasteiger partial charge in [-0.05, 0) is 62.6 Å². The first kappa shape index (κ1) is 25.6. The number of nitrogens with zero attached hydrogens (tertiary/aromatic N) is 1. The molecular weight excluding hydrogens is 463 g/mol. The molecule has 192 valence electrons. The van der Waals surface area contributed by atoms with Crippen LogP contribution in [0.25, 0.3) is 0 Å². The fraction of sp³-hybridized carbons (Fsp3) is 0.444. The van der Waals surface area contributed by atoms with Crippen molar-refractivity contribution >= 4 is 17.8 Å². The zero-order valence-corrected chi connectivity index (χ0v) is 21.0. The molecule has 0 bridgehead atoms. The van der Waals surface area contributed by atoms with E-state index in [4.69, 9.17) is 10.1 Å². The van der Waals surface area contributed by atoms with E-state index < -0.39 is 35.0 Å². The molecule has 0 spiro atoms. The number of benzene rings is 2. The van der Waals surface area contributed by atoms with E-state index in [1.165, 1.54) is 23.1 Å². The van der Waals surface area contributed by atoms with Crippen LogP contribution >= 0.6 is 0 Å². The van der Waals surface area contributed by atoms with Crippen molar-refractivity contribution in [2.24, 2.45) is 0 Å². The second kappa shape index (κ2) is 9.54. The van der Waals surface area contributed by atoms with Crippen LogP contribution in [0.3, 0.4) is 0 Å². The van der Waals surface area contributed by atoms with Crippen molar-refractivity contribution in [1.82, 2.24) is 15.5 Å². The molecule has 0 radical (unpaired) electrons. The van der Waals surface area contributed by atoms with Gasteiger partial charge in [0.2, 0.25) is 5.91 Å². The molecule has 0 aromatic heterocycles. The van der Waals surface area contributed by atoms with Gasteiger partial charge in [-0.25, -0.2) is 4.39 Å². The summed E-state index contributed by atoms with van der Waals surface area (Å²) < 4.78 is 19.8. The monoisotopic (exact) mass is 496 g/mol. The molecule has 9 heteroatoms. The summed E-state index contributed by atoms with van der Waals surface area (Å²) in [5.74, 6) is -0.638. The molecule has 2 aromatic carbocycles. The third kappa shape index (κ3) is 4.80. The Balaban J connectivity index is 1.53.